The maximum absolute atomic E-state index is 5.77. The van der Waals surface area contributed by atoms with Gasteiger partial charge in [0.2, 0.25) is 0 Å². The van der Waals surface area contributed by atoms with Crippen molar-refractivity contribution in [1.29, 1.82) is 0 Å². The summed E-state index contributed by atoms with van der Waals surface area (Å²) in [7, 11) is 0. The first-order chi connectivity index (χ1) is 8.69. The van der Waals surface area contributed by atoms with Crippen LogP contribution in [-0.2, 0) is 16.0 Å². The molecule has 3 rings (SSSR count). The first-order valence-corrected chi connectivity index (χ1v) is 6.74. The van der Waals surface area contributed by atoms with Gasteiger partial charge in [0, 0.05) is 19.5 Å². The van der Waals surface area contributed by atoms with E-state index in [9.17, 15) is 0 Å². The third kappa shape index (κ3) is 2.18. The molecule has 3 nitrogen and oxygen atoms in total. The topological polar surface area (TPSA) is 21.7 Å². The van der Waals surface area contributed by atoms with Gasteiger partial charge in [-0.2, -0.15) is 0 Å². The van der Waals surface area contributed by atoms with Crippen molar-refractivity contribution in [3.8, 4) is 0 Å². The van der Waals surface area contributed by atoms with Crippen LogP contribution in [0, 0.1) is 13.8 Å². The molecule has 98 valence electrons. The monoisotopic (exact) mass is 247 g/mol. The summed E-state index contributed by atoms with van der Waals surface area (Å²) in [5.41, 5.74) is 4.21. The molecule has 0 aliphatic carbocycles. The smallest absolute Gasteiger partial charge is 0.182 e. The third-order valence-corrected chi connectivity index (χ3v) is 4.11. The lowest BCUT2D eigenvalue weighted by molar-refractivity contribution is -0.145. The zero-order chi connectivity index (χ0) is 12.6. The first kappa shape index (κ1) is 12.2. The number of likely N-dealkylation sites (tertiary alicyclic amines) is 1. The average molecular weight is 247 g/mol. The number of rotatable bonds is 2. The lowest BCUT2D eigenvalue weighted by Gasteiger charge is -2.23. The third-order valence-electron chi connectivity index (χ3n) is 4.11. The van der Waals surface area contributed by atoms with Gasteiger partial charge in [-0.25, -0.2) is 0 Å². The summed E-state index contributed by atoms with van der Waals surface area (Å²) >= 11 is 0. The summed E-state index contributed by atoms with van der Waals surface area (Å²) in [6, 6.07) is 6.51. The zero-order valence-corrected chi connectivity index (χ0v) is 11.2. The molecule has 1 aromatic rings. The van der Waals surface area contributed by atoms with E-state index in [1.54, 1.807) is 0 Å². The summed E-state index contributed by atoms with van der Waals surface area (Å²) in [6.07, 6.45) is 0.998. The van der Waals surface area contributed by atoms with Gasteiger partial charge in [-0.15, -0.1) is 0 Å². The standard InChI is InChI=1S/C15H21NO2/c1-12-4-3-5-13(2)14(12)10-16-7-6-15(11-16)17-8-9-18-15/h3-5H,6-11H2,1-2H3. The SMILES string of the molecule is Cc1cccc(C)c1CN1CCC2(C1)OCCO2. The fourth-order valence-electron chi connectivity index (χ4n) is 3.02. The Kier molecular flexibility index (Phi) is 3.14. The van der Waals surface area contributed by atoms with E-state index in [1.807, 2.05) is 0 Å². The van der Waals surface area contributed by atoms with E-state index in [0.29, 0.717) is 0 Å². The highest BCUT2D eigenvalue weighted by Gasteiger charge is 2.43. The number of nitrogens with zero attached hydrogens (tertiary/aromatic N) is 1. The molecule has 0 aromatic heterocycles. The molecule has 2 saturated heterocycles. The molecule has 2 aliphatic rings. The fourth-order valence-corrected chi connectivity index (χ4v) is 3.02. The lowest BCUT2D eigenvalue weighted by Crippen LogP contribution is -2.34. The Hall–Kier alpha value is -0.900. The number of ether oxygens (including phenoxy) is 2. The fraction of sp³-hybridized carbons (Fsp3) is 0.600. The van der Waals surface area contributed by atoms with E-state index in [2.05, 4.69) is 36.9 Å². The number of aryl methyl sites for hydroxylation is 2. The Bertz CT molecular complexity index is 418. The molecule has 0 N–H and O–H groups in total. The molecule has 0 unspecified atom stereocenters. The van der Waals surface area contributed by atoms with Crippen molar-refractivity contribution in [2.24, 2.45) is 0 Å². The van der Waals surface area contributed by atoms with Crippen molar-refractivity contribution in [3.63, 3.8) is 0 Å². The van der Waals surface area contributed by atoms with Crippen LogP contribution >= 0.6 is 0 Å². The minimum atomic E-state index is -0.295. The first-order valence-electron chi connectivity index (χ1n) is 6.74. The van der Waals surface area contributed by atoms with Crippen molar-refractivity contribution in [2.75, 3.05) is 26.3 Å². The van der Waals surface area contributed by atoms with Gasteiger partial charge in [0.05, 0.1) is 19.8 Å². The summed E-state index contributed by atoms with van der Waals surface area (Å²) < 4.78 is 11.5. The van der Waals surface area contributed by atoms with Gasteiger partial charge < -0.3 is 9.47 Å². The van der Waals surface area contributed by atoms with E-state index in [4.69, 9.17) is 9.47 Å². The second-order valence-corrected chi connectivity index (χ2v) is 5.44. The predicted octanol–water partition coefficient (Wildman–Crippen LogP) is 2.25. The Morgan fingerprint density at radius 3 is 2.50 bits per heavy atom. The minimum Gasteiger partial charge on any atom is -0.346 e. The number of hydrogen-bond acceptors (Lipinski definition) is 3. The Labute approximate surface area is 109 Å². The molecule has 0 radical (unpaired) electrons. The maximum Gasteiger partial charge on any atom is 0.182 e. The highest BCUT2D eigenvalue weighted by atomic mass is 16.7. The van der Waals surface area contributed by atoms with Gasteiger partial charge in [-0.05, 0) is 30.5 Å². The van der Waals surface area contributed by atoms with Gasteiger partial charge in [0.25, 0.3) is 0 Å². The molecule has 0 atom stereocenters. The molecule has 2 fully saturated rings. The molecule has 2 aliphatic heterocycles. The van der Waals surface area contributed by atoms with Gasteiger partial charge >= 0.3 is 0 Å². The molecule has 0 saturated carbocycles. The highest BCUT2D eigenvalue weighted by molar-refractivity contribution is 5.33. The van der Waals surface area contributed by atoms with Crippen LogP contribution in [0.3, 0.4) is 0 Å². The van der Waals surface area contributed by atoms with Crippen LogP contribution in [0.2, 0.25) is 0 Å². The summed E-state index contributed by atoms with van der Waals surface area (Å²) in [5, 5.41) is 0. The Morgan fingerprint density at radius 2 is 1.83 bits per heavy atom. The molecule has 0 bridgehead atoms. The summed E-state index contributed by atoms with van der Waals surface area (Å²) in [5.74, 6) is -0.295. The van der Waals surface area contributed by atoms with Gasteiger partial charge in [-0.1, -0.05) is 18.2 Å². The Morgan fingerprint density at radius 1 is 1.17 bits per heavy atom. The number of hydrogen-bond donors (Lipinski definition) is 0. The predicted molar refractivity (Wildman–Crippen MR) is 70.4 cm³/mol. The van der Waals surface area contributed by atoms with E-state index >= 15 is 0 Å². The molecular formula is C15H21NO2. The van der Waals surface area contributed by atoms with Crippen molar-refractivity contribution in [1.82, 2.24) is 4.90 Å². The van der Waals surface area contributed by atoms with Crippen molar-refractivity contribution >= 4 is 0 Å². The van der Waals surface area contributed by atoms with Crippen LogP contribution in [0.4, 0.5) is 0 Å². The molecule has 3 heteroatoms. The van der Waals surface area contributed by atoms with E-state index < -0.39 is 0 Å². The minimum absolute atomic E-state index is 0.295. The largest absolute Gasteiger partial charge is 0.346 e. The molecule has 2 heterocycles. The molecule has 18 heavy (non-hydrogen) atoms. The summed E-state index contributed by atoms with van der Waals surface area (Å²) in [6.45, 7) is 8.85. The zero-order valence-electron chi connectivity index (χ0n) is 11.2. The van der Waals surface area contributed by atoms with Crippen LogP contribution in [-0.4, -0.2) is 37.0 Å². The van der Waals surface area contributed by atoms with Gasteiger partial charge in [0.15, 0.2) is 5.79 Å². The van der Waals surface area contributed by atoms with Crippen LogP contribution in [0.25, 0.3) is 0 Å². The van der Waals surface area contributed by atoms with Crippen LogP contribution in [0.1, 0.15) is 23.1 Å². The van der Waals surface area contributed by atoms with Gasteiger partial charge in [0.1, 0.15) is 0 Å². The molecular weight excluding hydrogens is 226 g/mol. The lowest BCUT2D eigenvalue weighted by atomic mass is 10.0. The van der Waals surface area contributed by atoms with E-state index in [-0.39, 0.29) is 5.79 Å². The van der Waals surface area contributed by atoms with Crippen LogP contribution < -0.4 is 0 Å². The van der Waals surface area contributed by atoms with Crippen molar-refractivity contribution in [2.45, 2.75) is 32.6 Å². The van der Waals surface area contributed by atoms with E-state index in [1.165, 1.54) is 16.7 Å². The second-order valence-electron chi connectivity index (χ2n) is 5.44. The van der Waals surface area contributed by atoms with Crippen molar-refractivity contribution in [3.05, 3.63) is 34.9 Å². The molecule has 0 amide bonds. The van der Waals surface area contributed by atoms with Crippen LogP contribution in [0.5, 0.6) is 0 Å². The quantitative estimate of drug-likeness (QED) is 0.800. The molecule has 1 spiro atoms. The molecule has 1 aromatic carbocycles. The maximum atomic E-state index is 5.77. The van der Waals surface area contributed by atoms with Crippen molar-refractivity contribution < 1.29 is 9.47 Å². The second kappa shape index (κ2) is 4.65. The average Bonchev–Trinajstić information content (AvgIpc) is 2.96. The van der Waals surface area contributed by atoms with E-state index in [0.717, 1.165) is 39.3 Å². The van der Waals surface area contributed by atoms with Gasteiger partial charge in [-0.3, -0.25) is 4.90 Å². The van der Waals surface area contributed by atoms with Crippen LogP contribution in [0.15, 0.2) is 18.2 Å². The Balaban J connectivity index is 1.71. The highest BCUT2D eigenvalue weighted by Crippen LogP contribution is 2.31. The normalized spacial score (nSPS) is 23.0. The summed E-state index contributed by atoms with van der Waals surface area (Å²) in [4.78, 5) is 2.45. The number of benzene rings is 1.